The van der Waals surface area contributed by atoms with Crippen molar-refractivity contribution >= 4 is 33.4 Å². The van der Waals surface area contributed by atoms with Crippen LogP contribution in [0.1, 0.15) is 43.4 Å². The average molecular weight is 375 g/mol. The fourth-order valence-electron chi connectivity index (χ4n) is 3.03. The van der Waals surface area contributed by atoms with Crippen molar-refractivity contribution in [2.24, 2.45) is 0 Å². The Hall–Kier alpha value is -1.62. The largest absolute Gasteiger partial charge is 0.351 e. The van der Waals surface area contributed by atoms with Crippen molar-refractivity contribution in [2.45, 2.75) is 52.0 Å². The summed E-state index contributed by atoms with van der Waals surface area (Å²) in [5.41, 5.74) is 3.21. The van der Waals surface area contributed by atoms with Gasteiger partial charge in [-0.05, 0) is 50.5 Å². The molecule has 1 aliphatic carbocycles. The third kappa shape index (κ3) is 4.44. The number of benzene rings is 1. The van der Waals surface area contributed by atoms with E-state index in [2.05, 4.69) is 55.6 Å². The van der Waals surface area contributed by atoms with Crippen LogP contribution in [0.3, 0.4) is 0 Å². The van der Waals surface area contributed by atoms with Crippen molar-refractivity contribution in [3.63, 3.8) is 0 Å². The first-order chi connectivity index (χ1) is 11.1. The lowest BCUT2D eigenvalue weighted by Gasteiger charge is -2.23. The molecule has 1 heterocycles. The first-order valence-electron chi connectivity index (χ1n) is 8.25. The lowest BCUT2D eigenvalue weighted by atomic mass is 9.96. The highest BCUT2D eigenvalue weighted by Gasteiger charge is 2.14. The van der Waals surface area contributed by atoms with Crippen LogP contribution in [0.2, 0.25) is 0 Å². The topological polar surface area (TPSA) is 49.8 Å². The van der Waals surface area contributed by atoms with E-state index in [1.165, 1.54) is 37.7 Å². The Balaban J connectivity index is 1.76. The van der Waals surface area contributed by atoms with Crippen molar-refractivity contribution in [3.8, 4) is 0 Å². The summed E-state index contributed by atoms with van der Waals surface area (Å²) >= 11 is 3.50. The predicted octanol–water partition coefficient (Wildman–Crippen LogP) is 5.34. The van der Waals surface area contributed by atoms with Gasteiger partial charge in [0.15, 0.2) is 0 Å². The molecule has 0 saturated heterocycles. The normalized spacial score (nSPS) is 15.4. The minimum atomic E-state index is 0.507. The molecule has 2 N–H and O–H groups in total. The first kappa shape index (κ1) is 16.2. The van der Waals surface area contributed by atoms with E-state index in [1.54, 1.807) is 0 Å². The molecule has 0 aliphatic heterocycles. The van der Waals surface area contributed by atoms with E-state index in [9.17, 15) is 0 Å². The van der Waals surface area contributed by atoms with Crippen molar-refractivity contribution < 1.29 is 0 Å². The summed E-state index contributed by atoms with van der Waals surface area (Å²) in [6.07, 6.45) is 6.37. The van der Waals surface area contributed by atoms with Crippen LogP contribution in [-0.4, -0.2) is 16.0 Å². The number of nitrogens with one attached hydrogen (secondary N) is 2. The van der Waals surface area contributed by atoms with Gasteiger partial charge in [-0.3, -0.25) is 0 Å². The fourth-order valence-corrected chi connectivity index (χ4v) is 3.51. The van der Waals surface area contributed by atoms with E-state index in [1.807, 2.05) is 19.1 Å². The van der Waals surface area contributed by atoms with Gasteiger partial charge in [0.05, 0.1) is 0 Å². The minimum absolute atomic E-state index is 0.507. The molecule has 1 aromatic heterocycles. The summed E-state index contributed by atoms with van der Waals surface area (Å²) in [6, 6.07) is 8.67. The van der Waals surface area contributed by atoms with Gasteiger partial charge in [-0.1, -0.05) is 35.2 Å². The van der Waals surface area contributed by atoms with Gasteiger partial charge in [0.1, 0.15) is 5.82 Å². The van der Waals surface area contributed by atoms with Crippen LogP contribution in [0.5, 0.6) is 0 Å². The number of hydrogen-bond donors (Lipinski definition) is 2. The summed E-state index contributed by atoms with van der Waals surface area (Å²) in [6.45, 7) is 4.09. The Morgan fingerprint density at radius 2 is 1.83 bits per heavy atom. The average Bonchev–Trinajstić information content (AvgIpc) is 2.50. The van der Waals surface area contributed by atoms with Crippen LogP contribution < -0.4 is 10.6 Å². The second kappa shape index (κ2) is 7.30. The zero-order valence-electron chi connectivity index (χ0n) is 13.7. The zero-order chi connectivity index (χ0) is 16.2. The molecule has 1 fully saturated rings. The molecule has 23 heavy (non-hydrogen) atoms. The standard InChI is InChI=1S/C18H23BrN4/c1-12-10-14(19)8-9-16(12)22-17-11-13(2)20-18(23-17)21-15-6-4-3-5-7-15/h8-11,15H,3-7H2,1-2H3,(H2,20,21,22,23). The van der Waals surface area contributed by atoms with Crippen LogP contribution in [0.15, 0.2) is 28.7 Å². The quantitative estimate of drug-likeness (QED) is 0.757. The molecule has 0 spiro atoms. The first-order valence-corrected chi connectivity index (χ1v) is 9.05. The summed E-state index contributed by atoms with van der Waals surface area (Å²) in [5, 5.41) is 6.91. The molecule has 2 aromatic rings. The SMILES string of the molecule is Cc1cc(Nc2ccc(Br)cc2C)nc(NC2CCCCC2)n1. The number of aromatic nitrogens is 2. The highest BCUT2D eigenvalue weighted by molar-refractivity contribution is 9.10. The molecule has 0 unspecified atom stereocenters. The Bertz CT molecular complexity index is 681. The number of aryl methyl sites for hydroxylation is 2. The van der Waals surface area contributed by atoms with Crippen molar-refractivity contribution in [1.29, 1.82) is 0 Å². The van der Waals surface area contributed by atoms with Crippen molar-refractivity contribution in [3.05, 3.63) is 40.0 Å². The van der Waals surface area contributed by atoms with Crippen LogP contribution in [0.4, 0.5) is 17.5 Å². The maximum Gasteiger partial charge on any atom is 0.225 e. The maximum atomic E-state index is 4.64. The van der Waals surface area contributed by atoms with Crippen LogP contribution in [-0.2, 0) is 0 Å². The molecule has 0 atom stereocenters. The summed E-state index contributed by atoms with van der Waals surface area (Å²) in [5.74, 6) is 1.57. The molecule has 0 bridgehead atoms. The highest BCUT2D eigenvalue weighted by atomic mass is 79.9. The van der Waals surface area contributed by atoms with Crippen LogP contribution in [0.25, 0.3) is 0 Å². The van der Waals surface area contributed by atoms with Gasteiger partial charge in [-0.25, -0.2) is 4.98 Å². The molecular formula is C18H23BrN4. The monoisotopic (exact) mass is 374 g/mol. The Morgan fingerprint density at radius 3 is 2.57 bits per heavy atom. The molecule has 0 amide bonds. The summed E-state index contributed by atoms with van der Waals surface area (Å²) in [4.78, 5) is 9.18. The smallest absolute Gasteiger partial charge is 0.225 e. The number of hydrogen-bond acceptors (Lipinski definition) is 4. The zero-order valence-corrected chi connectivity index (χ0v) is 15.3. The third-order valence-corrected chi connectivity index (χ3v) is 4.74. The van der Waals surface area contributed by atoms with Gasteiger partial charge in [-0.15, -0.1) is 0 Å². The maximum absolute atomic E-state index is 4.64. The van der Waals surface area contributed by atoms with Crippen LogP contribution in [0, 0.1) is 13.8 Å². The molecule has 0 radical (unpaired) electrons. The van der Waals surface area contributed by atoms with Gasteiger partial charge < -0.3 is 10.6 Å². The molecule has 1 saturated carbocycles. The van der Waals surface area contributed by atoms with E-state index >= 15 is 0 Å². The Labute approximate surface area is 146 Å². The van der Waals surface area contributed by atoms with Crippen LogP contribution >= 0.6 is 15.9 Å². The van der Waals surface area contributed by atoms with E-state index in [-0.39, 0.29) is 0 Å². The van der Waals surface area contributed by atoms with Gasteiger partial charge in [0, 0.05) is 28.0 Å². The van der Waals surface area contributed by atoms with E-state index in [4.69, 9.17) is 0 Å². The molecule has 5 heteroatoms. The lowest BCUT2D eigenvalue weighted by Crippen LogP contribution is -2.23. The van der Waals surface area contributed by atoms with Gasteiger partial charge >= 0.3 is 0 Å². The molecule has 1 aliphatic rings. The van der Waals surface area contributed by atoms with E-state index in [0.29, 0.717) is 6.04 Å². The number of anilines is 3. The number of rotatable bonds is 4. The molecule has 122 valence electrons. The molecule has 4 nitrogen and oxygen atoms in total. The second-order valence-electron chi connectivity index (χ2n) is 6.28. The number of nitrogens with zero attached hydrogens (tertiary/aromatic N) is 2. The lowest BCUT2D eigenvalue weighted by molar-refractivity contribution is 0.461. The van der Waals surface area contributed by atoms with E-state index < -0.39 is 0 Å². The number of halogens is 1. The van der Waals surface area contributed by atoms with E-state index in [0.717, 1.165) is 27.6 Å². The molecule has 1 aromatic carbocycles. The Kier molecular flexibility index (Phi) is 5.16. The fraction of sp³-hybridized carbons (Fsp3) is 0.444. The summed E-state index contributed by atoms with van der Waals surface area (Å²) in [7, 11) is 0. The predicted molar refractivity (Wildman–Crippen MR) is 99.4 cm³/mol. The van der Waals surface area contributed by atoms with Crippen molar-refractivity contribution in [2.75, 3.05) is 10.6 Å². The van der Waals surface area contributed by atoms with Gasteiger partial charge in [0.2, 0.25) is 5.95 Å². The highest BCUT2D eigenvalue weighted by Crippen LogP contribution is 2.25. The van der Waals surface area contributed by atoms with Crippen molar-refractivity contribution in [1.82, 2.24) is 9.97 Å². The third-order valence-electron chi connectivity index (χ3n) is 4.24. The van der Waals surface area contributed by atoms with Gasteiger partial charge in [-0.2, -0.15) is 4.98 Å². The molecule has 3 rings (SSSR count). The Morgan fingerprint density at radius 1 is 1.04 bits per heavy atom. The van der Waals surface area contributed by atoms with Gasteiger partial charge in [0.25, 0.3) is 0 Å². The summed E-state index contributed by atoms with van der Waals surface area (Å²) < 4.78 is 1.08. The second-order valence-corrected chi connectivity index (χ2v) is 7.20. The molecular weight excluding hydrogens is 352 g/mol. The minimum Gasteiger partial charge on any atom is -0.351 e.